The molecule has 7 heteroatoms. The number of ether oxygens (including phenoxy) is 1. The first kappa shape index (κ1) is 21.7. The summed E-state index contributed by atoms with van der Waals surface area (Å²) in [5.41, 5.74) is 1.15. The molecule has 0 aliphatic heterocycles. The van der Waals surface area contributed by atoms with E-state index in [0.717, 1.165) is 49.8 Å². The molecule has 0 aliphatic carbocycles. The quantitative estimate of drug-likeness (QED) is 0.253. The number of guanidine groups is 1. The van der Waals surface area contributed by atoms with Gasteiger partial charge in [-0.15, -0.1) is 35.3 Å². The second-order valence-electron chi connectivity index (χ2n) is 5.28. The summed E-state index contributed by atoms with van der Waals surface area (Å²) in [5, 5.41) is 9.95. The molecule has 1 aromatic carbocycles. The van der Waals surface area contributed by atoms with Crippen molar-refractivity contribution < 1.29 is 4.74 Å². The van der Waals surface area contributed by atoms with Crippen molar-refractivity contribution in [2.75, 3.05) is 26.7 Å². The van der Waals surface area contributed by atoms with E-state index in [2.05, 4.69) is 32.9 Å². The molecule has 138 valence electrons. The fourth-order valence-electron chi connectivity index (χ4n) is 2.14. The molecule has 1 aromatic heterocycles. The van der Waals surface area contributed by atoms with Crippen molar-refractivity contribution in [3.05, 3.63) is 46.4 Å². The van der Waals surface area contributed by atoms with Crippen molar-refractivity contribution in [2.45, 2.75) is 26.2 Å². The largest absolute Gasteiger partial charge is 0.494 e. The number of thiazole rings is 1. The van der Waals surface area contributed by atoms with Gasteiger partial charge in [-0.2, -0.15) is 0 Å². The maximum absolute atomic E-state index is 5.67. The summed E-state index contributed by atoms with van der Waals surface area (Å²) in [4.78, 5) is 8.80. The van der Waals surface area contributed by atoms with Crippen molar-refractivity contribution in [3.8, 4) is 5.75 Å². The third kappa shape index (κ3) is 8.53. The van der Waals surface area contributed by atoms with E-state index in [0.29, 0.717) is 6.61 Å². The fourth-order valence-corrected chi connectivity index (χ4v) is 2.92. The van der Waals surface area contributed by atoms with Gasteiger partial charge in [0.2, 0.25) is 0 Å². The van der Waals surface area contributed by atoms with Crippen LogP contribution in [0.15, 0.2) is 40.7 Å². The number of aryl methyl sites for hydroxylation is 1. The maximum Gasteiger partial charge on any atom is 0.190 e. The third-order valence-electron chi connectivity index (χ3n) is 3.42. The van der Waals surface area contributed by atoms with E-state index in [1.54, 1.807) is 18.4 Å². The molecule has 2 aromatic rings. The van der Waals surface area contributed by atoms with Crippen molar-refractivity contribution in [2.24, 2.45) is 4.99 Å². The number of hydrogen-bond donors (Lipinski definition) is 2. The van der Waals surface area contributed by atoms with Crippen LogP contribution < -0.4 is 15.4 Å². The predicted octanol–water partition coefficient (Wildman–Crippen LogP) is 3.50. The molecular formula is C18H27IN4OS. The van der Waals surface area contributed by atoms with Crippen LogP contribution in [-0.2, 0) is 12.8 Å². The van der Waals surface area contributed by atoms with E-state index in [1.165, 1.54) is 5.01 Å². The normalized spacial score (nSPS) is 10.9. The standard InChI is InChI=1S/C18H26N4OS.HI/c1-3-17-22-15(14-24-17)10-12-21-18(19-2)20-11-7-13-23-16-8-5-4-6-9-16;/h4-6,8-9,14H,3,7,10-13H2,1-2H3,(H2,19,20,21);1H. The highest BCUT2D eigenvalue weighted by Crippen LogP contribution is 2.10. The van der Waals surface area contributed by atoms with Crippen molar-refractivity contribution in [1.29, 1.82) is 0 Å². The van der Waals surface area contributed by atoms with Gasteiger partial charge in [0.25, 0.3) is 0 Å². The first-order valence-corrected chi connectivity index (χ1v) is 9.25. The lowest BCUT2D eigenvalue weighted by Gasteiger charge is -2.11. The minimum absolute atomic E-state index is 0. The Morgan fingerprint density at radius 1 is 1.20 bits per heavy atom. The van der Waals surface area contributed by atoms with Gasteiger partial charge in [0, 0.05) is 31.9 Å². The molecule has 0 radical (unpaired) electrons. The second-order valence-corrected chi connectivity index (χ2v) is 6.22. The van der Waals surface area contributed by atoms with Gasteiger partial charge in [0.15, 0.2) is 5.96 Å². The molecule has 0 aliphatic rings. The van der Waals surface area contributed by atoms with Gasteiger partial charge in [-0.3, -0.25) is 4.99 Å². The molecule has 0 bridgehead atoms. The number of aliphatic imine (C=N–C) groups is 1. The van der Waals surface area contributed by atoms with Crippen LogP contribution in [0.3, 0.4) is 0 Å². The zero-order chi connectivity index (χ0) is 17.0. The SMILES string of the molecule is CCc1nc(CCNC(=NC)NCCCOc2ccccc2)cs1.I. The van der Waals surface area contributed by atoms with Crippen LogP contribution in [0.4, 0.5) is 0 Å². The van der Waals surface area contributed by atoms with E-state index in [-0.39, 0.29) is 24.0 Å². The molecule has 0 fully saturated rings. The van der Waals surface area contributed by atoms with Crippen molar-refractivity contribution >= 4 is 41.3 Å². The summed E-state index contributed by atoms with van der Waals surface area (Å²) >= 11 is 1.73. The van der Waals surface area contributed by atoms with E-state index in [9.17, 15) is 0 Å². The molecule has 0 saturated heterocycles. The minimum atomic E-state index is 0. The molecule has 5 nitrogen and oxygen atoms in total. The van der Waals surface area contributed by atoms with Crippen LogP contribution in [0.2, 0.25) is 0 Å². The Morgan fingerprint density at radius 3 is 2.64 bits per heavy atom. The maximum atomic E-state index is 5.67. The zero-order valence-electron chi connectivity index (χ0n) is 14.8. The summed E-state index contributed by atoms with van der Waals surface area (Å²) < 4.78 is 5.67. The molecule has 2 N–H and O–H groups in total. The van der Waals surface area contributed by atoms with Crippen molar-refractivity contribution in [1.82, 2.24) is 15.6 Å². The average molecular weight is 474 g/mol. The monoisotopic (exact) mass is 474 g/mol. The van der Waals surface area contributed by atoms with E-state index in [4.69, 9.17) is 4.74 Å². The zero-order valence-corrected chi connectivity index (χ0v) is 18.0. The third-order valence-corrected chi connectivity index (χ3v) is 4.47. The molecule has 1 heterocycles. The van der Waals surface area contributed by atoms with Gasteiger partial charge in [-0.05, 0) is 25.0 Å². The Kier molecular flexibility index (Phi) is 11.2. The van der Waals surface area contributed by atoms with Gasteiger partial charge in [0.1, 0.15) is 5.75 Å². The molecule has 2 rings (SSSR count). The number of nitrogens with one attached hydrogen (secondary N) is 2. The molecular weight excluding hydrogens is 447 g/mol. The van der Waals surface area contributed by atoms with Crippen LogP contribution in [0.5, 0.6) is 5.75 Å². The van der Waals surface area contributed by atoms with E-state index in [1.807, 2.05) is 30.3 Å². The topological polar surface area (TPSA) is 58.5 Å². The second kappa shape index (κ2) is 12.9. The molecule has 0 atom stereocenters. The predicted molar refractivity (Wildman–Crippen MR) is 117 cm³/mol. The Balaban J connectivity index is 0.00000312. The number of hydrogen-bond acceptors (Lipinski definition) is 4. The van der Waals surface area contributed by atoms with Gasteiger partial charge in [-0.1, -0.05) is 25.1 Å². The molecule has 0 unspecified atom stereocenters. The Hall–Kier alpha value is -1.35. The Bertz CT molecular complexity index is 619. The van der Waals surface area contributed by atoms with Gasteiger partial charge < -0.3 is 15.4 Å². The first-order valence-electron chi connectivity index (χ1n) is 8.37. The lowest BCUT2D eigenvalue weighted by molar-refractivity contribution is 0.311. The highest BCUT2D eigenvalue weighted by Gasteiger charge is 2.01. The number of benzene rings is 1. The number of rotatable bonds is 9. The lowest BCUT2D eigenvalue weighted by atomic mass is 10.3. The summed E-state index contributed by atoms with van der Waals surface area (Å²) in [6, 6.07) is 9.88. The van der Waals surface area contributed by atoms with Crippen molar-refractivity contribution in [3.63, 3.8) is 0 Å². The molecule has 0 spiro atoms. The van der Waals surface area contributed by atoms with E-state index >= 15 is 0 Å². The Labute approximate surface area is 171 Å². The summed E-state index contributed by atoms with van der Waals surface area (Å²) in [5.74, 6) is 1.73. The summed E-state index contributed by atoms with van der Waals surface area (Å²) in [6.07, 6.45) is 2.84. The highest BCUT2D eigenvalue weighted by atomic mass is 127. The number of aromatic nitrogens is 1. The highest BCUT2D eigenvalue weighted by molar-refractivity contribution is 14.0. The summed E-state index contributed by atoms with van der Waals surface area (Å²) in [7, 11) is 1.79. The van der Waals surface area contributed by atoms with Crippen LogP contribution in [0.25, 0.3) is 0 Å². The smallest absolute Gasteiger partial charge is 0.190 e. The number of nitrogens with zero attached hydrogens (tertiary/aromatic N) is 2. The van der Waals surface area contributed by atoms with Crippen LogP contribution in [0, 0.1) is 0 Å². The Morgan fingerprint density at radius 2 is 1.96 bits per heavy atom. The molecule has 0 saturated carbocycles. The van der Waals surface area contributed by atoms with Gasteiger partial charge in [-0.25, -0.2) is 4.98 Å². The van der Waals surface area contributed by atoms with Gasteiger partial charge >= 0.3 is 0 Å². The van der Waals surface area contributed by atoms with Crippen LogP contribution in [-0.4, -0.2) is 37.7 Å². The summed E-state index contributed by atoms with van der Waals surface area (Å²) in [6.45, 7) is 4.47. The number of para-hydroxylation sites is 1. The molecule has 0 amide bonds. The first-order chi connectivity index (χ1) is 11.8. The van der Waals surface area contributed by atoms with Crippen LogP contribution >= 0.6 is 35.3 Å². The van der Waals surface area contributed by atoms with E-state index < -0.39 is 0 Å². The van der Waals surface area contributed by atoms with Crippen LogP contribution in [0.1, 0.15) is 24.0 Å². The minimum Gasteiger partial charge on any atom is -0.494 e. The van der Waals surface area contributed by atoms with Gasteiger partial charge in [0.05, 0.1) is 17.3 Å². The average Bonchev–Trinajstić information content (AvgIpc) is 3.09. The number of halogens is 1. The fraction of sp³-hybridized carbons (Fsp3) is 0.444. The lowest BCUT2D eigenvalue weighted by Crippen LogP contribution is -2.39. The molecule has 25 heavy (non-hydrogen) atoms.